The van der Waals surface area contributed by atoms with Crippen molar-refractivity contribution in [3.8, 4) is 5.75 Å². The van der Waals surface area contributed by atoms with Gasteiger partial charge in [-0.25, -0.2) is 4.98 Å². The van der Waals surface area contributed by atoms with E-state index in [0.29, 0.717) is 13.1 Å². The number of carbonyl (C=O) groups is 1. The molecule has 0 radical (unpaired) electrons. The summed E-state index contributed by atoms with van der Waals surface area (Å²) < 4.78 is 5.44. The van der Waals surface area contributed by atoms with Crippen molar-refractivity contribution in [3.05, 3.63) is 48.7 Å². The predicted octanol–water partition coefficient (Wildman–Crippen LogP) is 2.24. The van der Waals surface area contributed by atoms with Crippen LogP contribution in [0.1, 0.15) is 6.92 Å². The van der Waals surface area contributed by atoms with Gasteiger partial charge >= 0.3 is 0 Å². The molecule has 1 aromatic heterocycles. The summed E-state index contributed by atoms with van der Waals surface area (Å²) in [4.78, 5) is 21.0. The molecule has 132 valence electrons. The maximum absolute atomic E-state index is 12.7. The minimum absolute atomic E-state index is 0.102. The predicted molar refractivity (Wildman–Crippen MR) is 99.1 cm³/mol. The lowest BCUT2D eigenvalue weighted by atomic mass is 10.2. The number of amides is 1. The van der Waals surface area contributed by atoms with E-state index in [9.17, 15) is 4.79 Å². The molecule has 1 amide bonds. The van der Waals surface area contributed by atoms with Gasteiger partial charge in [0.1, 0.15) is 17.6 Å². The Kier molecular flexibility index (Phi) is 5.38. The van der Waals surface area contributed by atoms with Crippen LogP contribution in [0, 0.1) is 0 Å². The normalized spacial score (nSPS) is 15.6. The third-order valence-corrected chi connectivity index (χ3v) is 4.42. The minimum atomic E-state index is -0.298. The molecule has 1 saturated heterocycles. The molecule has 2 heterocycles. The molecule has 0 saturated carbocycles. The van der Waals surface area contributed by atoms with Gasteiger partial charge in [-0.15, -0.1) is 0 Å². The first-order valence-electron chi connectivity index (χ1n) is 8.53. The number of ether oxygens (including phenoxy) is 1. The van der Waals surface area contributed by atoms with Crippen molar-refractivity contribution in [1.29, 1.82) is 0 Å². The van der Waals surface area contributed by atoms with E-state index in [1.165, 1.54) is 0 Å². The third kappa shape index (κ3) is 4.02. The molecule has 6 heteroatoms. The molecule has 3 rings (SSSR count). The zero-order valence-corrected chi connectivity index (χ0v) is 14.7. The van der Waals surface area contributed by atoms with Gasteiger partial charge in [-0.2, -0.15) is 0 Å². The van der Waals surface area contributed by atoms with Gasteiger partial charge in [0.15, 0.2) is 0 Å². The largest absolute Gasteiger partial charge is 0.495 e. The number of pyridine rings is 1. The number of methoxy groups -OCH3 is 1. The van der Waals surface area contributed by atoms with Crippen molar-refractivity contribution in [3.63, 3.8) is 0 Å². The second kappa shape index (κ2) is 7.88. The van der Waals surface area contributed by atoms with Gasteiger partial charge in [-0.3, -0.25) is 4.79 Å². The number of para-hydroxylation sites is 2. The summed E-state index contributed by atoms with van der Waals surface area (Å²) in [5.41, 5.74) is 1.08. The Morgan fingerprint density at radius 2 is 1.84 bits per heavy atom. The van der Waals surface area contributed by atoms with Crippen LogP contribution in [0.4, 0.5) is 11.5 Å². The summed E-state index contributed by atoms with van der Waals surface area (Å²) in [7, 11) is 1.68. The fourth-order valence-corrected chi connectivity index (χ4v) is 3.06. The molecule has 1 aromatic carbocycles. The second-order valence-electron chi connectivity index (χ2n) is 6.07. The number of hydrogen-bond donors (Lipinski definition) is 1. The number of carbonyl (C=O) groups excluding carboxylic acids is 1. The van der Waals surface area contributed by atoms with Gasteiger partial charge in [0.2, 0.25) is 5.91 Å². The number of nitrogens with zero attached hydrogens (tertiary/aromatic N) is 3. The van der Waals surface area contributed by atoms with Gasteiger partial charge in [0.25, 0.3) is 0 Å². The summed E-state index contributed by atoms with van der Waals surface area (Å²) in [6, 6.07) is 13.3. The third-order valence-electron chi connectivity index (χ3n) is 4.42. The van der Waals surface area contributed by atoms with Crippen LogP contribution in [0.2, 0.25) is 0 Å². The average molecular weight is 340 g/mol. The maximum Gasteiger partial charge on any atom is 0.244 e. The first-order chi connectivity index (χ1) is 12.2. The number of rotatable bonds is 5. The molecule has 0 unspecified atom stereocenters. The van der Waals surface area contributed by atoms with E-state index in [1.807, 2.05) is 48.2 Å². The minimum Gasteiger partial charge on any atom is -0.495 e. The van der Waals surface area contributed by atoms with E-state index >= 15 is 0 Å². The van der Waals surface area contributed by atoms with Gasteiger partial charge in [-0.1, -0.05) is 18.2 Å². The van der Waals surface area contributed by atoms with Gasteiger partial charge < -0.3 is 19.9 Å². The quantitative estimate of drug-likeness (QED) is 0.905. The Balaban J connectivity index is 1.57. The summed E-state index contributed by atoms with van der Waals surface area (Å²) in [6.07, 6.45) is 1.71. The van der Waals surface area contributed by atoms with Gasteiger partial charge in [-0.05, 0) is 31.2 Å². The number of aromatic nitrogens is 1. The highest BCUT2D eigenvalue weighted by Crippen LogP contribution is 2.28. The molecule has 1 atom stereocenters. The van der Waals surface area contributed by atoms with Crippen LogP contribution in [0.15, 0.2) is 48.7 Å². The van der Waals surface area contributed by atoms with Crippen LogP contribution in [0.5, 0.6) is 5.75 Å². The number of piperazine rings is 1. The van der Waals surface area contributed by atoms with Gasteiger partial charge in [0, 0.05) is 32.4 Å². The van der Waals surface area contributed by atoms with Crippen LogP contribution in [0.3, 0.4) is 0 Å². The Bertz CT molecular complexity index is 700. The fraction of sp³-hybridized carbons (Fsp3) is 0.368. The van der Waals surface area contributed by atoms with E-state index in [1.54, 1.807) is 13.3 Å². The van der Waals surface area contributed by atoms with Crippen LogP contribution in [-0.4, -0.2) is 55.1 Å². The molecule has 0 aliphatic carbocycles. The number of benzene rings is 1. The van der Waals surface area contributed by atoms with E-state index in [0.717, 1.165) is 30.3 Å². The van der Waals surface area contributed by atoms with Crippen LogP contribution < -0.4 is 15.0 Å². The molecule has 1 fully saturated rings. The van der Waals surface area contributed by atoms with E-state index in [2.05, 4.69) is 21.3 Å². The lowest BCUT2D eigenvalue weighted by molar-refractivity contribution is -0.131. The zero-order chi connectivity index (χ0) is 17.6. The fourth-order valence-electron chi connectivity index (χ4n) is 3.06. The van der Waals surface area contributed by atoms with Crippen molar-refractivity contribution < 1.29 is 9.53 Å². The molecule has 2 aromatic rings. The lowest BCUT2D eigenvalue weighted by Crippen LogP contribution is -2.52. The molecule has 1 N–H and O–H groups in total. The maximum atomic E-state index is 12.7. The first kappa shape index (κ1) is 17.1. The van der Waals surface area contributed by atoms with Crippen molar-refractivity contribution in [2.75, 3.05) is 43.5 Å². The Morgan fingerprint density at radius 1 is 1.12 bits per heavy atom. The van der Waals surface area contributed by atoms with Crippen molar-refractivity contribution in [2.45, 2.75) is 13.0 Å². The van der Waals surface area contributed by atoms with Crippen molar-refractivity contribution in [1.82, 2.24) is 9.88 Å². The standard InChI is InChI=1S/C19H24N4O2/c1-15(21-18-9-5-6-10-20-18)19(24)23-13-11-22(12-14-23)16-7-3-4-8-17(16)25-2/h3-10,15H,11-14H2,1-2H3,(H,20,21)/t15-/m1/s1. The van der Waals surface area contributed by atoms with Crippen LogP contribution >= 0.6 is 0 Å². The van der Waals surface area contributed by atoms with E-state index < -0.39 is 0 Å². The molecule has 6 nitrogen and oxygen atoms in total. The number of nitrogens with one attached hydrogen (secondary N) is 1. The van der Waals surface area contributed by atoms with E-state index in [4.69, 9.17) is 4.74 Å². The monoisotopic (exact) mass is 340 g/mol. The highest BCUT2D eigenvalue weighted by molar-refractivity contribution is 5.84. The zero-order valence-electron chi connectivity index (χ0n) is 14.7. The lowest BCUT2D eigenvalue weighted by Gasteiger charge is -2.37. The van der Waals surface area contributed by atoms with Crippen molar-refractivity contribution in [2.24, 2.45) is 0 Å². The van der Waals surface area contributed by atoms with Gasteiger partial charge in [0.05, 0.1) is 12.8 Å². The summed E-state index contributed by atoms with van der Waals surface area (Å²) in [5, 5.41) is 3.16. The number of anilines is 2. The molecule has 1 aliphatic heterocycles. The summed E-state index contributed by atoms with van der Waals surface area (Å²) >= 11 is 0. The van der Waals surface area contributed by atoms with Crippen molar-refractivity contribution >= 4 is 17.4 Å². The number of hydrogen-bond acceptors (Lipinski definition) is 5. The average Bonchev–Trinajstić information content (AvgIpc) is 2.68. The SMILES string of the molecule is COc1ccccc1N1CCN(C(=O)[C@@H](C)Nc2ccccn2)CC1. The van der Waals surface area contributed by atoms with Crippen LogP contribution in [-0.2, 0) is 4.79 Å². The molecule has 0 bridgehead atoms. The summed E-state index contributed by atoms with van der Waals surface area (Å²) in [6.45, 7) is 4.87. The highest BCUT2D eigenvalue weighted by Gasteiger charge is 2.26. The van der Waals surface area contributed by atoms with E-state index in [-0.39, 0.29) is 11.9 Å². The topological polar surface area (TPSA) is 57.7 Å². The molecule has 0 spiro atoms. The molecular formula is C19H24N4O2. The smallest absolute Gasteiger partial charge is 0.244 e. The Morgan fingerprint density at radius 3 is 2.52 bits per heavy atom. The molecule has 1 aliphatic rings. The Labute approximate surface area is 148 Å². The molecular weight excluding hydrogens is 316 g/mol. The highest BCUT2D eigenvalue weighted by atomic mass is 16.5. The first-order valence-corrected chi connectivity index (χ1v) is 8.53. The Hall–Kier alpha value is -2.76. The van der Waals surface area contributed by atoms with Crippen LogP contribution in [0.25, 0.3) is 0 Å². The second-order valence-corrected chi connectivity index (χ2v) is 6.07. The summed E-state index contributed by atoms with van der Waals surface area (Å²) in [5.74, 6) is 1.69. The molecule has 25 heavy (non-hydrogen) atoms.